The Bertz CT molecular complexity index is 173. The molecule has 3 heteroatoms. The molecule has 0 N–H and O–H groups in total. The van der Waals surface area contributed by atoms with Gasteiger partial charge in [-0.1, -0.05) is 26.2 Å². The molecule has 0 aromatic carbocycles. The van der Waals surface area contributed by atoms with Gasteiger partial charge in [-0.15, -0.1) is 0 Å². The minimum atomic E-state index is -0.553. The maximum absolute atomic E-state index is 11.2. The molecule has 0 saturated carbocycles. The van der Waals surface area contributed by atoms with Crippen LogP contribution in [0.15, 0.2) is 0 Å². The van der Waals surface area contributed by atoms with E-state index in [9.17, 15) is 4.79 Å². The first kappa shape index (κ1) is 10.5. The minimum absolute atomic E-state index is 0.205. The van der Waals surface area contributed by atoms with Crippen molar-refractivity contribution in [2.75, 3.05) is 13.7 Å². The summed E-state index contributed by atoms with van der Waals surface area (Å²) in [5.74, 6) is -0.205. The Kier molecular flexibility index (Phi) is 3.72. The van der Waals surface area contributed by atoms with E-state index in [4.69, 9.17) is 4.74 Å². The Balaban J connectivity index is 2.16. The second-order valence-electron chi connectivity index (χ2n) is 3.59. The minimum Gasteiger partial charge on any atom is -0.467 e. The normalized spacial score (nSPS) is 25.7. The number of rotatable bonds is 6. The molecule has 1 rings (SSSR count). The molecule has 0 aliphatic carbocycles. The molecule has 1 aliphatic heterocycles. The zero-order chi connectivity index (χ0) is 9.73. The lowest BCUT2D eigenvalue weighted by Gasteiger charge is -2.08. The number of unbranched alkanes of at least 4 members (excludes halogenated alkanes) is 3. The van der Waals surface area contributed by atoms with Gasteiger partial charge in [0.1, 0.15) is 0 Å². The second-order valence-corrected chi connectivity index (χ2v) is 3.59. The van der Waals surface area contributed by atoms with Crippen molar-refractivity contribution in [1.82, 2.24) is 0 Å². The summed E-state index contributed by atoms with van der Waals surface area (Å²) in [6, 6.07) is 0. The number of hydrogen-bond acceptors (Lipinski definition) is 3. The van der Waals surface area contributed by atoms with E-state index >= 15 is 0 Å². The topological polar surface area (TPSA) is 38.8 Å². The lowest BCUT2D eigenvalue weighted by Crippen LogP contribution is -2.25. The maximum atomic E-state index is 11.2. The Morgan fingerprint density at radius 1 is 1.46 bits per heavy atom. The highest BCUT2D eigenvalue weighted by molar-refractivity contribution is 5.82. The van der Waals surface area contributed by atoms with Gasteiger partial charge in [-0.25, -0.2) is 4.79 Å². The fourth-order valence-corrected chi connectivity index (χ4v) is 1.47. The third-order valence-electron chi connectivity index (χ3n) is 2.48. The van der Waals surface area contributed by atoms with Gasteiger partial charge < -0.3 is 9.47 Å². The standard InChI is InChI=1S/C10H18O3/c1-3-4-5-6-7-10(8-13-10)9(11)12-2/h3-8H2,1-2H3/t10-/m0/s1. The largest absolute Gasteiger partial charge is 0.467 e. The number of ether oxygens (including phenoxy) is 2. The Hall–Kier alpha value is -0.570. The SMILES string of the molecule is CCCCCC[C@@]1(C(=O)OC)CO1. The van der Waals surface area contributed by atoms with Crippen molar-refractivity contribution in [2.24, 2.45) is 0 Å². The van der Waals surface area contributed by atoms with E-state index < -0.39 is 5.60 Å². The second kappa shape index (κ2) is 4.61. The highest BCUT2D eigenvalue weighted by atomic mass is 16.6. The van der Waals surface area contributed by atoms with E-state index in [-0.39, 0.29) is 5.97 Å². The molecule has 1 heterocycles. The van der Waals surface area contributed by atoms with E-state index in [0.29, 0.717) is 6.61 Å². The van der Waals surface area contributed by atoms with Crippen LogP contribution in [0.25, 0.3) is 0 Å². The van der Waals surface area contributed by atoms with Crippen molar-refractivity contribution in [3.63, 3.8) is 0 Å². The smallest absolute Gasteiger partial charge is 0.340 e. The summed E-state index contributed by atoms with van der Waals surface area (Å²) in [5.41, 5.74) is -0.553. The average molecular weight is 186 g/mol. The Labute approximate surface area is 79.4 Å². The number of esters is 1. The van der Waals surface area contributed by atoms with Crippen LogP contribution in [0.2, 0.25) is 0 Å². The number of methoxy groups -OCH3 is 1. The number of carbonyl (C=O) groups excluding carboxylic acids is 1. The zero-order valence-corrected chi connectivity index (χ0v) is 8.47. The molecule has 0 unspecified atom stereocenters. The monoisotopic (exact) mass is 186 g/mol. The summed E-state index contributed by atoms with van der Waals surface area (Å²) in [7, 11) is 1.41. The van der Waals surface area contributed by atoms with E-state index in [1.165, 1.54) is 26.4 Å². The van der Waals surface area contributed by atoms with Crippen LogP contribution in [-0.2, 0) is 14.3 Å². The quantitative estimate of drug-likeness (QED) is 0.361. The van der Waals surface area contributed by atoms with Crippen LogP contribution in [-0.4, -0.2) is 25.3 Å². The first-order valence-corrected chi connectivity index (χ1v) is 4.97. The molecule has 1 saturated heterocycles. The van der Waals surface area contributed by atoms with E-state index in [2.05, 4.69) is 11.7 Å². The fourth-order valence-electron chi connectivity index (χ4n) is 1.47. The third kappa shape index (κ3) is 2.69. The van der Waals surface area contributed by atoms with Gasteiger partial charge in [0.2, 0.25) is 0 Å². The van der Waals surface area contributed by atoms with Crippen LogP contribution in [0.1, 0.15) is 39.0 Å². The van der Waals surface area contributed by atoms with Crippen LogP contribution in [0, 0.1) is 0 Å². The van der Waals surface area contributed by atoms with Crippen LogP contribution >= 0.6 is 0 Å². The molecular formula is C10H18O3. The molecule has 76 valence electrons. The lowest BCUT2D eigenvalue weighted by molar-refractivity contribution is -0.147. The van der Waals surface area contributed by atoms with Crippen molar-refractivity contribution in [3.05, 3.63) is 0 Å². The number of carbonyl (C=O) groups is 1. The van der Waals surface area contributed by atoms with E-state index in [0.717, 1.165) is 12.8 Å². The van der Waals surface area contributed by atoms with Gasteiger partial charge in [-0.3, -0.25) is 0 Å². The van der Waals surface area contributed by atoms with Crippen molar-refractivity contribution in [1.29, 1.82) is 0 Å². The van der Waals surface area contributed by atoms with Crippen molar-refractivity contribution < 1.29 is 14.3 Å². The number of hydrogen-bond donors (Lipinski definition) is 0. The zero-order valence-electron chi connectivity index (χ0n) is 8.47. The first-order valence-electron chi connectivity index (χ1n) is 4.97. The Morgan fingerprint density at radius 2 is 2.15 bits per heavy atom. The first-order chi connectivity index (χ1) is 6.25. The molecule has 0 aromatic rings. The van der Waals surface area contributed by atoms with Gasteiger partial charge in [0.15, 0.2) is 5.60 Å². The van der Waals surface area contributed by atoms with Crippen molar-refractivity contribution in [3.8, 4) is 0 Å². The van der Waals surface area contributed by atoms with Crippen molar-refractivity contribution >= 4 is 5.97 Å². The highest BCUT2D eigenvalue weighted by Gasteiger charge is 2.52. The molecule has 0 spiro atoms. The molecule has 0 aromatic heterocycles. The summed E-state index contributed by atoms with van der Waals surface area (Å²) in [4.78, 5) is 11.2. The van der Waals surface area contributed by atoms with Crippen molar-refractivity contribution in [2.45, 2.75) is 44.6 Å². The molecule has 3 nitrogen and oxygen atoms in total. The molecule has 0 bridgehead atoms. The van der Waals surface area contributed by atoms with Crippen LogP contribution < -0.4 is 0 Å². The fraction of sp³-hybridized carbons (Fsp3) is 0.900. The molecule has 1 atom stereocenters. The molecule has 0 radical (unpaired) electrons. The average Bonchev–Trinajstić information content (AvgIpc) is 2.92. The predicted molar refractivity (Wildman–Crippen MR) is 49.5 cm³/mol. The summed E-state index contributed by atoms with van der Waals surface area (Å²) < 4.78 is 9.83. The summed E-state index contributed by atoms with van der Waals surface area (Å²) >= 11 is 0. The van der Waals surface area contributed by atoms with E-state index in [1.807, 2.05) is 0 Å². The van der Waals surface area contributed by atoms with Crippen LogP contribution in [0.3, 0.4) is 0 Å². The lowest BCUT2D eigenvalue weighted by atomic mass is 10.0. The molecule has 1 fully saturated rings. The van der Waals surface area contributed by atoms with E-state index in [1.54, 1.807) is 0 Å². The summed E-state index contributed by atoms with van der Waals surface area (Å²) in [6.45, 7) is 2.72. The van der Waals surface area contributed by atoms with Gasteiger partial charge in [-0.2, -0.15) is 0 Å². The number of epoxide rings is 1. The van der Waals surface area contributed by atoms with Gasteiger partial charge in [-0.05, 0) is 12.8 Å². The summed E-state index contributed by atoms with van der Waals surface area (Å²) in [6.07, 6.45) is 5.50. The molecular weight excluding hydrogens is 168 g/mol. The molecule has 1 aliphatic rings. The van der Waals surface area contributed by atoms with Gasteiger partial charge in [0.25, 0.3) is 0 Å². The third-order valence-corrected chi connectivity index (χ3v) is 2.48. The molecule has 13 heavy (non-hydrogen) atoms. The van der Waals surface area contributed by atoms with Gasteiger partial charge in [0.05, 0.1) is 13.7 Å². The predicted octanol–water partition coefficient (Wildman–Crippen LogP) is 1.90. The summed E-state index contributed by atoms with van der Waals surface area (Å²) in [5, 5.41) is 0. The van der Waals surface area contributed by atoms with Gasteiger partial charge in [0, 0.05) is 0 Å². The van der Waals surface area contributed by atoms with Gasteiger partial charge >= 0.3 is 5.97 Å². The van der Waals surface area contributed by atoms with Crippen LogP contribution in [0.5, 0.6) is 0 Å². The highest BCUT2D eigenvalue weighted by Crippen LogP contribution is 2.34. The molecule has 0 amide bonds. The Morgan fingerprint density at radius 3 is 2.62 bits per heavy atom. The van der Waals surface area contributed by atoms with Crippen LogP contribution in [0.4, 0.5) is 0 Å². The maximum Gasteiger partial charge on any atom is 0.340 e.